The summed E-state index contributed by atoms with van der Waals surface area (Å²) < 4.78 is 5.13. The summed E-state index contributed by atoms with van der Waals surface area (Å²) in [6, 6.07) is 0. The van der Waals surface area contributed by atoms with Gasteiger partial charge in [0.2, 0.25) is 0 Å². The summed E-state index contributed by atoms with van der Waals surface area (Å²) in [4.78, 5) is 23.1. The number of amides is 1. The molecule has 0 aliphatic carbocycles. The molecule has 0 radical (unpaired) electrons. The number of anilines is 1. The summed E-state index contributed by atoms with van der Waals surface area (Å²) in [7, 11) is 0. The zero-order valence-corrected chi connectivity index (χ0v) is 13.3. The van der Waals surface area contributed by atoms with Gasteiger partial charge < -0.3 is 9.84 Å². The number of rotatable bonds is 4. The van der Waals surface area contributed by atoms with Gasteiger partial charge in [-0.2, -0.15) is 0 Å². The van der Waals surface area contributed by atoms with Gasteiger partial charge in [0, 0.05) is 0 Å². The van der Waals surface area contributed by atoms with E-state index in [1.165, 1.54) is 11.3 Å². The molecule has 5 nitrogen and oxygen atoms in total. The maximum Gasteiger partial charge on any atom is 0.412 e. The lowest BCUT2D eigenvalue weighted by Gasteiger charge is -2.19. The summed E-state index contributed by atoms with van der Waals surface area (Å²) in [5.74, 6) is -0.690. The van der Waals surface area contributed by atoms with Crippen LogP contribution in [0.15, 0.2) is 5.38 Å². The number of thiophene rings is 1. The Bertz CT molecular complexity index is 500. The van der Waals surface area contributed by atoms with Gasteiger partial charge in [0.1, 0.15) is 10.6 Å². The predicted octanol–water partition coefficient (Wildman–Crippen LogP) is 3.99. The van der Waals surface area contributed by atoms with Crippen LogP contribution in [0, 0.1) is 5.92 Å². The highest BCUT2D eigenvalue weighted by atomic mass is 32.1. The average Bonchev–Trinajstić information content (AvgIpc) is 2.56. The normalized spacial score (nSPS) is 11.5. The number of ether oxygens (including phenoxy) is 1. The summed E-state index contributed by atoms with van der Waals surface area (Å²) in [6.07, 6.45) is 0.0201. The summed E-state index contributed by atoms with van der Waals surface area (Å²) >= 11 is 1.21. The van der Waals surface area contributed by atoms with Crippen LogP contribution in [0.25, 0.3) is 0 Å². The molecule has 0 aliphatic rings. The third-order valence-corrected chi connectivity index (χ3v) is 3.27. The van der Waals surface area contributed by atoms with Crippen LogP contribution in [0.1, 0.15) is 50.5 Å². The van der Waals surface area contributed by atoms with Gasteiger partial charge in [-0.05, 0) is 44.1 Å². The van der Waals surface area contributed by atoms with Gasteiger partial charge in [0.15, 0.2) is 0 Å². The highest BCUT2D eigenvalue weighted by Crippen LogP contribution is 2.30. The molecule has 0 unspecified atom stereocenters. The fraction of sp³-hybridized carbons (Fsp3) is 0.571. The molecule has 6 heteroatoms. The van der Waals surface area contributed by atoms with Crippen LogP contribution < -0.4 is 5.32 Å². The molecule has 0 fully saturated rings. The zero-order chi connectivity index (χ0) is 15.5. The SMILES string of the molecule is CC(C)Cc1csc(NC(=O)OC(C)(C)C)c1C(=O)O. The van der Waals surface area contributed by atoms with Crippen LogP contribution in [-0.4, -0.2) is 22.8 Å². The van der Waals surface area contributed by atoms with Gasteiger partial charge >= 0.3 is 12.1 Å². The minimum absolute atomic E-state index is 0.162. The number of carboxylic acids is 1. The molecule has 0 aromatic carbocycles. The van der Waals surface area contributed by atoms with E-state index in [2.05, 4.69) is 5.32 Å². The first-order chi connectivity index (χ1) is 9.10. The number of hydrogen-bond donors (Lipinski definition) is 2. The van der Waals surface area contributed by atoms with E-state index in [1.54, 1.807) is 26.2 Å². The smallest absolute Gasteiger partial charge is 0.412 e. The maximum absolute atomic E-state index is 11.7. The van der Waals surface area contributed by atoms with E-state index in [9.17, 15) is 14.7 Å². The number of hydrogen-bond acceptors (Lipinski definition) is 4. The fourth-order valence-corrected chi connectivity index (χ4v) is 2.66. The topological polar surface area (TPSA) is 75.6 Å². The van der Waals surface area contributed by atoms with E-state index in [-0.39, 0.29) is 5.56 Å². The molecule has 1 heterocycles. The minimum atomic E-state index is -1.03. The molecule has 1 rings (SSSR count). The molecule has 20 heavy (non-hydrogen) atoms. The van der Waals surface area contributed by atoms with Crippen molar-refractivity contribution in [2.75, 3.05) is 5.32 Å². The lowest BCUT2D eigenvalue weighted by atomic mass is 10.0. The third-order valence-electron chi connectivity index (χ3n) is 2.32. The highest BCUT2D eigenvalue weighted by molar-refractivity contribution is 7.15. The second kappa shape index (κ2) is 6.26. The van der Waals surface area contributed by atoms with Crippen LogP contribution in [0.4, 0.5) is 9.80 Å². The Kier molecular flexibility index (Phi) is 5.16. The van der Waals surface area contributed by atoms with Gasteiger partial charge in [-0.25, -0.2) is 9.59 Å². The molecule has 1 aromatic heterocycles. The van der Waals surface area contributed by atoms with Crippen molar-refractivity contribution in [3.8, 4) is 0 Å². The van der Waals surface area contributed by atoms with Crippen molar-refractivity contribution in [3.05, 3.63) is 16.5 Å². The lowest BCUT2D eigenvalue weighted by molar-refractivity contribution is 0.0636. The molecule has 112 valence electrons. The molecule has 1 amide bonds. The van der Waals surface area contributed by atoms with Gasteiger partial charge in [0.05, 0.1) is 5.56 Å². The van der Waals surface area contributed by atoms with Crippen molar-refractivity contribution >= 4 is 28.4 Å². The van der Waals surface area contributed by atoms with Crippen molar-refractivity contribution in [1.82, 2.24) is 0 Å². The van der Waals surface area contributed by atoms with Crippen LogP contribution in [0.5, 0.6) is 0 Å². The standard InChI is InChI=1S/C14H21NO4S/c1-8(2)6-9-7-20-11(10(9)12(16)17)15-13(18)19-14(3,4)5/h7-8H,6H2,1-5H3,(H,15,18)(H,16,17). The van der Waals surface area contributed by atoms with E-state index in [4.69, 9.17) is 4.74 Å². The Morgan fingerprint density at radius 3 is 2.45 bits per heavy atom. The first-order valence-electron chi connectivity index (χ1n) is 6.44. The number of aromatic carboxylic acids is 1. The van der Waals surface area contributed by atoms with E-state index in [0.717, 1.165) is 5.56 Å². The molecule has 0 saturated heterocycles. The Hall–Kier alpha value is -1.56. The largest absolute Gasteiger partial charge is 0.478 e. The Balaban J connectivity index is 2.93. The molecule has 0 aliphatic heterocycles. The van der Waals surface area contributed by atoms with Crippen LogP contribution in [-0.2, 0) is 11.2 Å². The van der Waals surface area contributed by atoms with Gasteiger partial charge in [-0.1, -0.05) is 13.8 Å². The van der Waals surface area contributed by atoms with Crippen LogP contribution in [0.2, 0.25) is 0 Å². The average molecular weight is 299 g/mol. The van der Waals surface area contributed by atoms with Crippen molar-refractivity contribution in [2.24, 2.45) is 5.92 Å². The first-order valence-corrected chi connectivity index (χ1v) is 7.31. The second-order valence-corrected chi connectivity index (χ2v) is 6.87. The maximum atomic E-state index is 11.7. The van der Waals surface area contributed by atoms with Crippen molar-refractivity contribution in [2.45, 2.75) is 46.6 Å². The second-order valence-electron chi connectivity index (χ2n) is 6.00. The van der Waals surface area contributed by atoms with Crippen molar-refractivity contribution < 1.29 is 19.4 Å². The molecular formula is C14H21NO4S. The number of carboxylic acid groups (broad SMARTS) is 1. The summed E-state index contributed by atoms with van der Waals surface area (Å²) in [5, 5.41) is 13.9. The predicted molar refractivity (Wildman–Crippen MR) is 79.7 cm³/mol. The van der Waals surface area contributed by atoms with Crippen molar-refractivity contribution in [1.29, 1.82) is 0 Å². The Labute approximate surface area is 123 Å². The van der Waals surface area contributed by atoms with E-state index < -0.39 is 17.7 Å². The first kappa shape index (κ1) is 16.5. The van der Waals surface area contributed by atoms with Gasteiger partial charge in [-0.15, -0.1) is 11.3 Å². The number of carbonyl (C=O) groups is 2. The number of nitrogens with one attached hydrogen (secondary N) is 1. The van der Waals surface area contributed by atoms with Crippen molar-refractivity contribution in [3.63, 3.8) is 0 Å². The van der Waals surface area contributed by atoms with E-state index in [0.29, 0.717) is 17.3 Å². The third kappa shape index (κ3) is 4.85. The van der Waals surface area contributed by atoms with E-state index >= 15 is 0 Å². The Morgan fingerprint density at radius 2 is 2.00 bits per heavy atom. The zero-order valence-electron chi connectivity index (χ0n) is 12.4. The molecule has 2 N–H and O–H groups in total. The fourth-order valence-electron chi connectivity index (χ4n) is 1.71. The van der Waals surface area contributed by atoms with Crippen LogP contribution >= 0.6 is 11.3 Å². The summed E-state index contributed by atoms with van der Waals surface area (Å²) in [6.45, 7) is 9.30. The van der Waals surface area contributed by atoms with Gasteiger partial charge in [-0.3, -0.25) is 5.32 Å². The van der Waals surface area contributed by atoms with Gasteiger partial charge in [0.25, 0.3) is 0 Å². The summed E-state index contributed by atoms with van der Waals surface area (Å²) in [5.41, 5.74) is 0.281. The quantitative estimate of drug-likeness (QED) is 0.881. The number of carbonyl (C=O) groups excluding carboxylic acids is 1. The minimum Gasteiger partial charge on any atom is -0.478 e. The van der Waals surface area contributed by atoms with E-state index in [1.807, 2.05) is 13.8 Å². The molecular weight excluding hydrogens is 278 g/mol. The highest BCUT2D eigenvalue weighted by Gasteiger charge is 2.23. The van der Waals surface area contributed by atoms with Crippen LogP contribution in [0.3, 0.4) is 0 Å². The lowest BCUT2D eigenvalue weighted by Crippen LogP contribution is -2.27. The molecule has 0 saturated carbocycles. The monoisotopic (exact) mass is 299 g/mol. The Morgan fingerprint density at radius 1 is 1.40 bits per heavy atom. The molecule has 0 atom stereocenters. The molecule has 0 spiro atoms. The molecule has 0 bridgehead atoms. The molecule has 1 aromatic rings.